The van der Waals surface area contributed by atoms with Gasteiger partial charge in [-0.1, -0.05) is 0 Å². The molecule has 0 saturated carbocycles. The maximum atomic E-state index is 13.6. The van der Waals surface area contributed by atoms with E-state index in [9.17, 15) is 31.1 Å². The van der Waals surface area contributed by atoms with Gasteiger partial charge in [0.15, 0.2) is 11.5 Å². The second-order valence-electron chi connectivity index (χ2n) is 7.43. The van der Waals surface area contributed by atoms with Crippen LogP contribution in [0.25, 0.3) is 26.8 Å². The van der Waals surface area contributed by atoms with Crippen LogP contribution in [0.2, 0.25) is 0 Å². The lowest BCUT2D eigenvalue weighted by Crippen LogP contribution is -2.14. The molecule has 0 saturated heterocycles. The van der Waals surface area contributed by atoms with Gasteiger partial charge in [-0.25, -0.2) is 9.67 Å². The number of pyridine rings is 1. The molecular weight excluding hydrogens is 496 g/mol. The smallest absolute Gasteiger partial charge is 0.427 e. The van der Waals surface area contributed by atoms with Crippen molar-refractivity contribution in [3.05, 3.63) is 71.5 Å². The maximum absolute atomic E-state index is 13.6. The van der Waals surface area contributed by atoms with Gasteiger partial charge in [0.2, 0.25) is 0 Å². The van der Waals surface area contributed by atoms with Gasteiger partial charge in [0.05, 0.1) is 10.6 Å². The summed E-state index contributed by atoms with van der Waals surface area (Å²) in [5.74, 6) is -0.919. The Morgan fingerprint density at radius 1 is 0.971 bits per heavy atom. The minimum absolute atomic E-state index is 0.188. The van der Waals surface area contributed by atoms with E-state index in [1.807, 2.05) is 0 Å². The third-order valence-corrected chi connectivity index (χ3v) is 6.02. The molecule has 3 heterocycles. The molecule has 0 unspecified atom stereocenters. The zero-order chi connectivity index (χ0) is 25.5. The Morgan fingerprint density at radius 3 is 2.31 bits per heavy atom. The molecule has 0 fully saturated rings. The first-order valence-electron chi connectivity index (χ1n) is 9.94. The van der Waals surface area contributed by atoms with E-state index in [1.165, 1.54) is 13.0 Å². The lowest BCUT2D eigenvalue weighted by atomic mass is 10.1. The molecule has 0 bridgehead atoms. The molecule has 0 spiro atoms. The van der Waals surface area contributed by atoms with Gasteiger partial charge in [-0.15, -0.1) is 11.3 Å². The maximum Gasteiger partial charge on any atom is 0.435 e. The number of carbonyl (C=O) groups excluding carboxylic acids is 1. The van der Waals surface area contributed by atoms with E-state index < -0.39 is 35.4 Å². The van der Waals surface area contributed by atoms with Crippen molar-refractivity contribution in [2.45, 2.75) is 26.2 Å². The van der Waals surface area contributed by atoms with Crippen molar-refractivity contribution >= 4 is 17.3 Å². The zero-order valence-electron chi connectivity index (χ0n) is 18.0. The van der Waals surface area contributed by atoms with E-state index in [4.69, 9.17) is 4.74 Å². The highest BCUT2D eigenvalue weighted by Gasteiger charge is 2.39. The van der Waals surface area contributed by atoms with Gasteiger partial charge < -0.3 is 4.74 Å². The number of nitrogens with zero attached hydrogens (tertiary/aromatic N) is 3. The van der Waals surface area contributed by atoms with Gasteiger partial charge in [-0.3, -0.25) is 4.79 Å². The van der Waals surface area contributed by atoms with Crippen molar-refractivity contribution in [3.8, 4) is 32.6 Å². The Labute approximate surface area is 198 Å². The second-order valence-corrected chi connectivity index (χ2v) is 8.51. The Kier molecular flexibility index (Phi) is 6.18. The van der Waals surface area contributed by atoms with E-state index in [-0.39, 0.29) is 10.6 Å². The third kappa shape index (κ3) is 5.06. The molecule has 0 aliphatic carbocycles. The van der Waals surface area contributed by atoms with Crippen molar-refractivity contribution < 1.29 is 35.9 Å². The molecule has 4 aromatic rings. The van der Waals surface area contributed by atoms with E-state index in [0.29, 0.717) is 26.9 Å². The lowest BCUT2D eigenvalue weighted by molar-refractivity contribution is -0.141. The fourth-order valence-corrected chi connectivity index (χ4v) is 4.50. The SMILES string of the molecule is CC(=O)Oc1ccc(-c2ccc(-c3cc(C(F)(F)F)nn3-c3ncccc3C(F)(F)F)s2)c(C)c1. The first-order valence-corrected chi connectivity index (χ1v) is 10.8. The van der Waals surface area contributed by atoms with Crippen molar-refractivity contribution in [2.75, 3.05) is 0 Å². The van der Waals surface area contributed by atoms with Gasteiger partial charge in [-0.05, 0) is 66.6 Å². The van der Waals surface area contributed by atoms with Crippen LogP contribution in [0.3, 0.4) is 0 Å². The van der Waals surface area contributed by atoms with Crippen LogP contribution in [-0.2, 0) is 17.1 Å². The summed E-state index contributed by atoms with van der Waals surface area (Å²) in [5, 5.41) is 3.43. The molecular formula is C23H15F6N3O2S. The molecule has 5 nitrogen and oxygen atoms in total. The number of carbonyl (C=O) groups is 1. The van der Waals surface area contributed by atoms with Crippen LogP contribution in [0.4, 0.5) is 26.3 Å². The van der Waals surface area contributed by atoms with Crippen LogP contribution in [0.1, 0.15) is 23.7 Å². The van der Waals surface area contributed by atoms with E-state index in [2.05, 4.69) is 10.1 Å². The van der Waals surface area contributed by atoms with Crippen molar-refractivity contribution in [3.63, 3.8) is 0 Å². The van der Waals surface area contributed by atoms with Gasteiger partial charge in [-0.2, -0.15) is 31.4 Å². The monoisotopic (exact) mass is 511 g/mol. The molecule has 1 aromatic carbocycles. The van der Waals surface area contributed by atoms with Crippen LogP contribution < -0.4 is 4.74 Å². The highest BCUT2D eigenvalue weighted by atomic mass is 32.1. The molecule has 0 N–H and O–H groups in total. The Hall–Kier alpha value is -3.67. The Morgan fingerprint density at radius 2 is 1.69 bits per heavy atom. The van der Waals surface area contributed by atoms with Gasteiger partial charge in [0.25, 0.3) is 0 Å². The summed E-state index contributed by atoms with van der Waals surface area (Å²) in [6.45, 7) is 3.02. The fourth-order valence-electron chi connectivity index (χ4n) is 3.41. The first kappa shape index (κ1) is 24.5. The predicted octanol–water partition coefficient (Wildman–Crippen LogP) is 6.93. The van der Waals surface area contributed by atoms with Crippen LogP contribution in [0.5, 0.6) is 5.75 Å². The normalized spacial score (nSPS) is 12.1. The number of thiophene rings is 1. The molecule has 0 amide bonds. The van der Waals surface area contributed by atoms with E-state index in [1.54, 1.807) is 31.2 Å². The number of benzene rings is 1. The van der Waals surface area contributed by atoms with Crippen LogP contribution >= 0.6 is 11.3 Å². The van der Waals surface area contributed by atoms with Crippen LogP contribution in [-0.4, -0.2) is 20.7 Å². The minimum Gasteiger partial charge on any atom is -0.427 e. The Bertz CT molecular complexity index is 1400. The standard InChI is InChI=1S/C23H15F6N3O2S/c1-12-10-14(34-13(2)33)5-6-15(12)18-7-8-19(35-18)17-11-20(23(27,28)29)31-32(17)21-16(22(24,25)26)4-3-9-30-21/h3-11H,1-2H3. The number of esters is 1. The highest BCUT2D eigenvalue weighted by Crippen LogP contribution is 2.41. The minimum atomic E-state index is -4.88. The summed E-state index contributed by atoms with van der Waals surface area (Å²) in [7, 11) is 0. The topological polar surface area (TPSA) is 57.0 Å². The summed E-state index contributed by atoms with van der Waals surface area (Å²) < 4.78 is 86.6. The lowest BCUT2D eigenvalue weighted by Gasteiger charge is -2.13. The van der Waals surface area contributed by atoms with Crippen molar-refractivity contribution in [1.82, 2.24) is 14.8 Å². The van der Waals surface area contributed by atoms with E-state index in [0.717, 1.165) is 35.2 Å². The largest absolute Gasteiger partial charge is 0.435 e. The predicted molar refractivity (Wildman–Crippen MR) is 116 cm³/mol. The molecule has 4 rings (SSSR count). The number of aryl methyl sites for hydroxylation is 1. The summed E-state index contributed by atoms with van der Waals surface area (Å²) in [4.78, 5) is 15.7. The third-order valence-electron chi connectivity index (χ3n) is 4.88. The zero-order valence-corrected chi connectivity index (χ0v) is 18.8. The van der Waals surface area contributed by atoms with Gasteiger partial charge >= 0.3 is 18.3 Å². The summed E-state index contributed by atoms with van der Waals surface area (Å²) in [5.41, 5.74) is -1.30. The fraction of sp³-hybridized carbons (Fsp3) is 0.174. The molecule has 12 heteroatoms. The number of aromatic nitrogens is 3. The number of hydrogen-bond acceptors (Lipinski definition) is 5. The number of ether oxygens (including phenoxy) is 1. The average Bonchev–Trinajstić information content (AvgIpc) is 3.40. The van der Waals surface area contributed by atoms with Gasteiger partial charge in [0.1, 0.15) is 11.3 Å². The highest BCUT2D eigenvalue weighted by molar-refractivity contribution is 7.18. The second kappa shape index (κ2) is 8.84. The number of hydrogen-bond donors (Lipinski definition) is 0. The number of rotatable bonds is 4. The molecule has 0 atom stereocenters. The molecule has 182 valence electrons. The molecule has 0 radical (unpaired) electrons. The molecule has 35 heavy (non-hydrogen) atoms. The Balaban J connectivity index is 1.83. The number of alkyl halides is 6. The average molecular weight is 511 g/mol. The summed E-state index contributed by atoms with van der Waals surface area (Å²) >= 11 is 1.07. The quantitative estimate of drug-likeness (QED) is 0.169. The summed E-state index contributed by atoms with van der Waals surface area (Å²) in [6.07, 6.45) is -8.68. The summed E-state index contributed by atoms with van der Waals surface area (Å²) in [6, 6.07) is 10.5. The first-order chi connectivity index (χ1) is 16.3. The molecule has 0 aliphatic heterocycles. The molecule has 3 aromatic heterocycles. The van der Waals surface area contributed by atoms with Crippen LogP contribution in [0, 0.1) is 6.92 Å². The van der Waals surface area contributed by atoms with E-state index >= 15 is 0 Å². The van der Waals surface area contributed by atoms with Crippen LogP contribution in [0.15, 0.2) is 54.7 Å². The number of halogens is 6. The molecule has 0 aliphatic rings. The van der Waals surface area contributed by atoms with Crippen molar-refractivity contribution in [1.29, 1.82) is 0 Å². The van der Waals surface area contributed by atoms with Gasteiger partial charge in [0, 0.05) is 18.0 Å². The van der Waals surface area contributed by atoms with Crippen molar-refractivity contribution in [2.24, 2.45) is 0 Å².